The van der Waals surface area contributed by atoms with Crippen molar-refractivity contribution in [3.8, 4) is 11.5 Å². The van der Waals surface area contributed by atoms with Gasteiger partial charge in [-0.05, 0) is 12.1 Å². The van der Waals surface area contributed by atoms with Gasteiger partial charge in [-0.25, -0.2) is 9.59 Å². The molecule has 2 N–H and O–H groups in total. The highest BCUT2D eigenvalue weighted by Crippen LogP contribution is 2.25. The zero-order valence-electron chi connectivity index (χ0n) is 15.3. The third-order valence-electron chi connectivity index (χ3n) is 3.95. The number of rotatable bonds is 6. The molecule has 0 aliphatic rings. The van der Waals surface area contributed by atoms with Gasteiger partial charge < -0.3 is 19.9 Å². The Kier molecular flexibility index (Phi) is 5.69. The Hall–Kier alpha value is -3.56. The predicted molar refractivity (Wildman–Crippen MR) is 95.5 cm³/mol. The van der Waals surface area contributed by atoms with Gasteiger partial charge >= 0.3 is 11.7 Å². The highest BCUT2D eigenvalue weighted by atomic mass is 16.5. The number of anilines is 1. The molecule has 10 nitrogen and oxygen atoms in total. The van der Waals surface area contributed by atoms with Crippen molar-refractivity contribution >= 4 is 17.6 Å². The molecule has 1 aromatic carbocycles. The largest absolute Gasteiger partial charge is 0.497 e. The first-order chi connectivity index (χ1) is 12.7. The third kappa shape index (κ3) is 3.68. The Morgan fingerprint density at radius 2 is 1.74 bits per heavy atom. The lowest BCUT2D eigenvalue weighted by Crippen LogP contribution is -2.42. The second-order valence-electron chi connectivity index (χ2n) is 5.53. The van der Waals surface area contributed by atoms with Crippen LogP contribution in [0.25, 0.3) is 0 Å². The molecule has 0 radical (unpaired) electrons. The fourth-order valence-corrected chi connectivity index (χ4v) is 2.37. The van der Waals surface area contributed by atoms with Gasteiger partial charge in [0, 0.05) is 20.2 Å². The monoisotopic (exact) mass is 377 g/mol. The van der Waals surface area contributed by atoms with Crippen LogP contribution < -0.4 is 26.5 Å². The van der Waals surface area contributed by atoms with Crippen molar-refractivity contribution in [2.75, 3.05) is 26.6 Å². The number of nitrogens with zero attached hydrogens (tertiary/aromatic N) is 2. The average Bonchev–Trinajstić information content (AvgIpc) is 2.68. The average molecular weight is 377 g/mol. The Labute approximate surface area is 153 Å². The van der Waals surface area contributed by atoms with Crippen LogP contribution in [0.15, 0.2) is 27.8 Å². The SMILES string of the molecule is COc1ccc(C(=O)OCC(=O)c2c(N)n(C)c(=O)n(C)c2=O)c(OC)c1. The van der Waals surface area contributed by atoms with Crippen molar-refractivity contribution in [1.82, 2.24) is 9.13 Å². The number of ether oxygens (including phenoxy) is 3. The van der Waals surface area contributed by atoms with Gasteiger partial charge in [-0.1, -0.05) is 0 Å². The number of nitrogens with two attached hydrogens (primary N) is 1. The van der Waals surface area contributed by atoms with Crippen LogP contribution >= 0.6 is 0 Å². The molecule has 0 atom stereocenters. The van der Waals surface area contributed by atoms with Gasteiger partial charge in [0.25, 0.3) is 5.56 Å². The quantitative estimate of drug-likeness (QED) is 0.537. The minimum absolute atomic E-state index is 0.0763. The number of carbonyl (C=O) groups excluding carboxylic acids is 2. The molecular formula is C17H19N3O7. The molecule has 2 rings (SSSR count). The second-order valence-corrected chi connectivity index (χ2v) is 5.53. The maximum Gasteiger partial charge on any atom is 0.342 e. The van der Waals surface area contributed by atoms with E-state index in [0.29, 0.717) is 5.75 Å². The number of esters is 1. The summed E-state index contributed by atoms with van der Waals surface area (Å²) in [6.45, 7) is -0.730. The summed E-state index contributed by atoms with van der Waals surface area (Å²) in [5.41, 5.74) is 3.82. The van der Waals surface area contributed by atoms with Crippen LogP contribution in [-0.4, -0.2) is 41.7 Å². The van der Waals surface area contributed by atoms with Gasteiger partial charge in [-0.3, -0.25) is 18.7 Å². The molecule has 0 amide bonds. The van der Waals surface area contributed by atoms with Crippen molar-refractivity contribution in [1.29, 1.82) is 0 Å². The molecule has 10 heteroatoms. The maximum atomic E-state index is 12.4. The summed E-state index contributed by atoms with van der Waals surface area (Å²) in [7, 11) is 5.37. The first-order valence-electron chi connectivity index (χ1n) is 7.70. The van der Waals surface area contributed by atoms with Gasteiger partial charge in [0.15, 0.2) is 6.61 Å². The smallest absolute Gasteiger partial charge is 0.342 e. The topological polar surface area (TPSA) is 132 Å². The van der Waals surface area contributed by atoms with Gasteiger partial charge in [0.2, 0.25) is 5.78 Å². The summed E-state index contributed by atoms with van der Waals surface area (Å²) in [5.74, 6) is -1.29. The van der Waals surface area contributed by atoms with Crippen molar-refractivity contribution in [2.24, 2.45) is 14.1 Å². The van der Waals surface area contributed by atoms with Gasteiger partial charge in [-0.15, -0.1) is 0 Å². The van der Waals surface area contributed by atoms with Crippen LogP contribution in [0.4, 0.5) is 5.82 Å². The molecule has 2 aromatic rings. The Balaban J connectivity index is 2.26. The lowest BCUT2D eigenvalue weighted by atomic mass is 10.2. The standard InChI is InChI=1S/C17H19N3O7/c1-19-14(18)13(15(22)20(2)17(19)24)11(21)8-27-16(23)10-6-5-9(25-3)7-12(10)26-4/h5-7H,8,18H2,1-4H3. The highest BCUT2D eigenvalue weighted by Gasteiger charge is 2.22. The zero-order chi connectivity index (χ0) is 20.3. The van der Waals surface area contributed by atoms with Crippen LogP contribution in [0.5, 0.6) is 11.5 Å². The summed E-state index contributed by atoms with van der Waals surface area (Å²) >= 11 is 0. The molecule has 0 unspecified atom stereocenters. The predicted octanol–water partition coefficient (Wildman–Crippen LogP) is -0.277. The van der Waals surface area contributed by atoms with E-state index in [0.717, 1.165) is 9.13 Å². The lowest BCUT2D eigenvalue weighted by Gasteiger charge is -2.12. The number of hydrogen-bond donors (Lipinski definition) is 1. The van der Waals surface area contributed by atoms with Crippen LogP contribution in [0.1, 0.15) is 20.7 Å². The van der Waals surface area contributed by atoms with Crippen LogP contribution in [0.2, 0.25) is 0 Å². The van der Waals surface area contributed by atoms with Crippen LogP contribution in [-0.2, 0) is 18.8 Å². The molecule has 0 saturated carbocycles. The van der Waals surface area contributed by atoms with Crippen molar-refractivity contribution in [2.45, 2.75) is 0 Å². The maximum absolute atomic E-state index is 12.4. The first kappa shape index (κ1) is 19.8. The van der Waals surface area contributed by atoms with E-state index < -0.39 is 35.2 Å². The molecule has 0 saturated heterocycles. The van der Waals surface area contributed by atoms with Gasteiger partial charge in [0.1, 0.15) is 28.4 Å². The van der Waals surface area contributed by atoms with E-state index in [-0.39, 0.29) is 17.1 Å². The molecular weight excluding hydrogens is 358 g/mol. The summed E-state index contributed by atoms with van der Waals surface area (Å²) < 4.78 is 16.8. The van der Waals surface area contributed by atoms with E-state index in [9.17, 15) is 19.2 Å². The van der Waals surface area contributed by atoms with Gasteiger partial charge in [0.05, 0.1) is 14.2 Å². The van der Waals surface area contributed by atoms with E-state index in [1.807, 2.05) is 0 Å². The minimum Gasteiger partial charge on any atom is -0.497 e. The van der Waals surface area contributed by atoms with Crippen LogP contribution in [0.3, 0.4) is 0 Å². The number of hydrogen-bond acceptors (Lipinski definition) is 8. The molecule has 27 heavy (non-hydrogen) atoms. The molecule has 1 heterocycles. The molecule has 0 bridgehead atoms. The number of methoxy groups -OCH3 is 2. The second kappa shape index (κ2) is 7.77. The number of Topliss-reactive ketones (excluding diaryl/α,β-unsaturated/α-hetero) is 1. The normalized spacial score (nSPS) is 10.4. The van der Waals surface area contributed by atoms with E-state index in [1.165, 1.54) is 46.5 Å². The van der Waals surface area contributed by atoms with Crippen LogP contribution in [0, 0.1) is 0 Å². The molecule has 0 aliphatic carbocycles. The summed E-state index contributed by atoms with van der Waals surface area (Å²) in [4.78, 5) is 48.6. The van der Waals surface area contributed by atoms with E-state index >= 15 is 0 Å². The minimum atomic E-state index is -0.862. The number of nitrogen functional groups attached to an aromatic ring is 1. The van der Waals surface area contributed by atoms with Crippen molar-refractivity contribution < 1.29 is 23.8 Å². The number of benzene rings is 1. The molecule has 1 aromatic heterocycles. The van der Waals surface area contributed by atoms with Crippen molar-refractivity contribution in [3.05, 3.63) is 50.2 Å². The molecule has 144 valence electrons. The first-order valence-corrected chi connectivity index (χ1v) is 7.70. The van der Waals surface area contributed by atoms with Gasteiger partial charge in [-0.2, -0.15) is 0 Å². The molecule has 0 fully saturated rings. The Morgan fingerprint density at radius 3 is 2.33 bits per heavy atom. The fourth-order valence-electron chi connectivity index (χ4n) is 2.37. The highest BCUT2D eigenvalue weighted by molar-refractivity contribution is 6.02. The third-order valence-corrected chi connectivity index (χ3v) is 3.95. The molecule has 0 aliphatic heterocycles. The Morgan fingerprint density at radius 1 is 1.07 bits per heavy atom. The van der Waals surface area contributed by atoms with E-state index in [1.54, 1.807) is 0 Å². The van der Waals surface area contributed by atoms with E-state index in [4.69, 9.17) is 19.9 Å². The van der Waals surface area contributed by atoms with Crippen molar-refractivity contribution in [3.63, 3.8) is 0 Å². The fraction of sp³-hybridized carbons (Fsp3) is 0.294. The summed E-state index contributed by atoms with van der Waals surface area (Å²) in [6.07, 6.45) is 0. The number of carbonyl (C=O) groups is 2. The Bertz CT molecular complexity index is 1020. The summed E-state index contributed by atoms with van der Waals surface area (Å²) in [5, 5.41) is 0. The lowest BCUT2D eigenvalue weighted by molar-refractivity contribution is 0.0471. The number of ketones is 1. The number of aromatic nitrogens is 2. The summed E-state index contributed by atoms with van der Waals surface area (Å²) in [6, 6.07) is 4.44. The van der Waals surface area contributed by atoms with E-state index in [2.05, 4.69) is 0 Å². The zero-order valence-corrected chi connectivity index (χ0v) is 15.3. The molecule has 0 spiro atoms.